The summed E-state index contributed by atoms with van der Waals surface area (Å²) in [5.74, 6) is 1.33. The monoisotopic (exact) mass is 509 g/mol. The number of nitrogens with one attached hydrogen (secondary N) is 2. The van der Waals surface area contributed by atoms with Gasteiger partial charge in [-0.3, -0.25) is 0 Å². The van der Waals surface area contributed by atoms with Crippen molar-refractivity contribution in [3.63, 3.8) is 0 Å². The third kappa shape index (κ3) is 4.89. The maximum Gasteiger partial charge on any atom is 0.227 e. The van der Waals surface area contributed by atoms with Gasteiger partial charge < -0.3 is 26.0 Å². The lowest BCUT2D eigenvalue weighted by atomic mass is 10.1. The Hall–Kier alpha value is -2.14. The van der Waals surface area contributed by atoms with Gasteiger partial charge in [0.1, 0.15) is 0 Å². The summed E-state index contributed by atoms with van der Waals surface area (Å²) in [6, 6.07) is 6.01. The van der Waals surface area contributed by atoms with Crippen LogP contribution in [-0.2, 0) is 6.54 Å². The molecule has 0 saturated carbocycles. The molecule has 29 heavy (non-hydrogen) atoms. The smallest absolute Gasteiger partial charge is 0.227 e. The Morgan fingerprint density at radius 3 is 2.62 bits per heavy atom. The van der Waals surface area contributed by atoms with E-state index in [1.54, 1.807) is 6.33 Å². The zero-order chi connectivity index (χ0) is 21.1. The summed E-state index contributed by atoms with van der Waals surface area (Å²) >= 11 is 2.27. The maximum absolute atomic E-state index is 9.69. The van der Waals surface area contributed by atoms with Crippen molar-refractivity contribution >= 4 is 51.2 Å². The molecule has 0 fully saturated rings. The molecule has 1 aromatic carbocycles. The summed E-state index contributed by atoms with van der Waals surface area (Å²) in [5.41, 5.74) is 9.30. The summed E-state index contributed by atoms with van der Waals surface area (Å²) < 4.78 is 3.13. The van der Waals surface area contributed by atoms with Crippen LogP contribution in [0.1, 0.15) is 39.3 Å². The number of aromatic nitrogens is 4. The van der Waals surface area contributed by atoms with E-state index in [-0.39, 0.29) is 24.6 Å². The number of nitrogens with two attached hydrogens (primary N) is 1. The second-order valence-corrected chi connectivity index (χ2v) is 8.93. The van der Waals surface area contributed by atoms with E-state index >= 15 is 0 Å². The van der Waals surface area contributed by atoms with Gasteiger partial charge in [-0.2, -0.15) is 9.97 Å². The molecule has 0 aliphatic heterocycles. The number of benzene rings is 1. The van der Waals surface area contributed by atoms with Gasteiger partial charge in [-0.25, -0.2) is 4.98 Å². The minimum absolute atomic E-state index is 0.00422. The molecule has 2 heterocycles. The summed E-state index contributed by atoms with van der Waals surface area (Å²) in [6.07, 6.45) is 1.78. The van der Waals surface area contributed by atoms with Crippen LogP contribution in [0.5, 0.6) is 0 Å². The minimum Gasteiger partial charge on any atom is -0.398 e. The fourth-order valence-corrected chi connectivity index (χ4v) is 3.53. The highest BCUT2D eigenvalue weighted by molar-refractivity contribution is 14.1. The summed E-state index contributed by atoms with van der Waals surface area (Å²) in [7, 11) is 0. The summed E-state index contributed by atoms with van der Waals surface area (Å²) in [5, 5.41) is 16.3. The normalized spacial score (nSPS) is 12.7. The summed E-state index contributed by atoms with van der Waals surface area (Å²) in [6.45, 7) is 8.79. The summed E-state index contributed by atoms with van der Waals surface area (Å²) in [4.78, 5) is 13.9. The Labute approximate surface area is 184 Å². The van der Waals surface area contributed by atoms with Gasteiger partial charge in [0.25, 0.3) is 0 Å². The van der Waals surface area contributed by atoms with Gasteiger partial charge in [-0.1, -0.05) is 13.8 Å². The van der Waals surface area contributed by atoms with E-state index < -0.39 is 0 Å². The highest BCUT2D eigenvalue weighted by Crippen LogP contribution is 2.25. The molecule has 1 unspecified atom stereocenters. The van der Waals surface area contributed by atoms with Crippen LogP contribution in [0.25, 0.3) is 11.2 Å². The number of halogens is 1. The lowest BCUT2D eigenvalue weighted by Crippen LogP contribution is -2.30. The fraction of sp³-hybridized carbons (Fsp3) is 0.450. The van der Waals surface area contributed by atoms with Crippen LogP contribution in [0.2, 0.25) is 0 Å². The first-order valence-electron chi connectivity index (χ1n) is 9.69. The third-order valence-corrected chi connectivity index (χ3v) is 5.52. The van der Waals surface area contributed by atoms with E-state index in [9.17, 15) is 5.11 Å². The number of nitrogens with zero attached hydrogens (tertiary/aromatic N) is 4. The van der Waals surface area contributed by atoms with Crippen LogP contribution in [0.15, 0.2) is 24.5 Å². The first-order chi connectivity index (χ1) is 13.8. The largest absolute Gasteiger partial charge is 0.398 e. The molecule has 3 aromatic rings. The van der Waals surface area contributed by atoms with Gasteiger partial charge in [-0.15, -0.1) is 0 Å². The van der Waals surface area contributed by atoms with Crippen molar-refractivity contribution in [2.75, 3.05) is 23.0 Å². The van der Waals surface area contributed by atoms with Gasteiger partial charge in [-0.05, 0) is 66.1 Å². The van der Waals surface area contributed by atoms with Crippen LogP contribution in [0.3, 0.4) is 0 Å². The maximum atomic E-state index is 9.69. The molecule has 0 spiro atoms. The molecule has 1 atom stereocenters. The van der Waals surface area contributed by atoms with Crippen molar-refractivity contribution in [3.8, 4) is 0 Å². The minimum atomic E-state index is -0.137. The quantitative estimate of drug-likeness (QED) is 0.271. The number of rotatable bonds is 8. The number of hydrogen-bond donors (Lipinski definition) is 4. The van der Waals surface area contributed by atoms with E-state index in [1.807, 2.05) is 36.6 Å². The molecular formula is C20H28IN7O. The average molecular weight is 509 g/mol. The van der Waals surface area contributed by atoms with Gasteiger partial charge in [0.2, 0.25) is 5.95 Å². The van der Waals surface area contributed by atoms with Crippen LogP contribution in [0, 0.1) is 9.49 Å². The first kappa shape index (κ1) is 21.6. The molecule has 0 saturated heterocycles. The molecule has 8 nitrogen and oxygen atoms in total. The number of anilines is 3. The SMILES string of the molecule is CC(C)C(CO)Nc1nc(NCc2cc(I)ccc2N)c2ncn(C(C)C)c2n1. The average Bonchev–Trinajstić information content (AvgIpc) is 3.10. The van der Waals surface area contributed by atoms with Crippen molar-refractivity contribution in [2.45, 2.75) is 46.3 Å². The second kappa shape index (κ2) is 9.12. The van der Waals surface area contributed by atoms with Gasteiger partial charge in [0.15, 0.2) is 17.0 Å². The molecular weight excluding hydrogens is 481 g/mol. The molecule has 0 amide bonds. The lowest BCUT2D eigenvalue weighted by molar-refractivity contribution is 0.248. The molecule has 0 radical (unpaired) electrons. The molecule has 156 valence electrons. The van der Waals surface area contributed by atoms with Crippen molar-refractivity contribution < 1.29 is 5.11 Å². The first-order valence-corrected chi connectivity index (χ1v) is 10.8. The van der Waals surface area contributed by atoms with Crippen LogP contribution >= 0.6 is 22.6 Å². The fourth-order valence-electron chi connectivity index (χ4n) is 2.98. The second-order valence-electron chi connectivity index (χ2n) is 7.69. The number of fused-ring (bicyclic) bond motifs is 1. The molecule has 9 heteroatoms. The predicted molar refractivity (Wildman–Crippen MR) is 126 cm³/mol. The molecule has 0 bridgehead atoms. The van der Waals surface area contributed by atoms with Crippen molar-refractivity contribution in [1.29, 1.82) is 0 Å². The van der Waals surface area contributed by atoms with E-state index in [1.165, 1.54) is 0 Å². The highest BCUT2D eigenvalue weighted by Gasteiger charge is 2.18. The zero-order valence-electron chi connectivity index (χ0n) is 17.1. The molecule has 2 aromatic heterocycles. The van der Waals surface area contributed by atoms with Crippen LogP contribution in [-0.4, -0.2) is 37.3 Å². The topological polar surface area (TPSA) is 114 Å². The molecule has 0 aliphatic rings. The van der Waals surface area contributed by atoms with Crippen LogP contribution in [0.4, 0.5) is 17.5 Å². The number of aliphatic hydroxyl groups is 1. The Kier molecular flexibility index (Phi) is 6.78. The van der Waals surface area contributed by atoms with E-state index in [4.69, 9.17) is 5.73 Å². The lowest BCUT2D eigenvalue weighted by Gasteiger charge is -2.20. The Morgan fingerprint density at radius 2 is 1.97 bits per heavy atom. The van der Waals surface area contributed by atoms with E-state index in [2.05, 4.69) is 62.0 Å². The standard InChI is InChI=1S/C20H28IN7O/c1-11(2)16(9-29)25-20-26-18(17-19(27-20)28(10-24-17)12(3)4)23-8-13-7-14(21)5-6-15(13)22/h5-7,10-12,16,29H,8-9,22H2,1-4H3,(H2,23,25,26,27). The number of aliphatic hydroxyl groups excluding tert-OH is 1. The van der Waals surface area contributed by atoms with Crippen molar-refractivity contribution in [1.82, 2.24) is 19.5 Å². The molecule has 5 N–H and O–H groups in total. The van der Waals surface area contributed by atoms with Gasteiger partial charge in [0.05, 0.1) is 19.0 Å². The van der Waals surface area contributed by atoms with Crippen molar-refractivity contribution in [2.24, 2.45) is 5.92 Å². The number of hydrogen-bond acceptors (Lipinski definition) is 7. The van der Waals surface area contributed by atoms with E-state index in [0.717, 1.165) is 20.5 Å². The Morgan fingerprint density at radius 1 is 1.21 bits per heavy atom. The predicted octanol–water partition coefficient (Wildman–Crippen LogP) is 3.63. The highest BCUT2D eigenvalue weighted by atomic mass is 127. The van der Waals surface area contributed by atoms with E-state index in [0.29, 0.717) is 23.8 Å². The molecule has 0 aliphatic carbocycles. The zero-order valence-corrected chi connectivity index (χ0v) is 19.3. The van der Waals surface area contributed by atoms with Gasteiger partial charge >= 0.3 is 0 Å². The van der Waals surface area contributed by atoms with Crippen molar-refractivity contribution in [3.05, 3.63) is 33.7 Å². The molecule has 3 rings (SSSR count). The van der Waals surface area contributed by atoms with Gasteiger partial charge in [0, 0.05) is 21.8 Å². The third-order valence-electron chi connectivity index (χ3n) is 4.84. The number of imidazole rings is 1. The number of nitrogen functional groups attached to an aromatic ring is 1. The Balaban J connectivity index is 1.98. The van der Waals surface area contributed by atoms with Crippen LogP contribution < -0.4 is 16.4 Å². The Bertz CT molecular complexity index is 986.